The van der Waals surface area contributed by atoms with Gasteiger partial charge < -0.3 is 4.74 Å². The lowest BCUT2D eigenvalue weighted by molar-refractivity contribution is -0.730. The average molecular weight is 135 g/mol. The molecule has 0 aromatic heterocycles. The maximum Gasteiger partial charge on any atom is 0.486 e. The van der Waals surface area contributed by atoms with Gasteiger partial charge in [0, 0.05) is 0 Å². The van der Waals surface area contributed by atoms with Gasteiger partial charge in [-0.25, -0.2) is 4.79 Å². The summed E-state index contributed by atoms with van der Waals surface area (Å²) in [6.07, 6.45) is -1.29. The van der Waals surface area contributed by atoms with E-state index in [1.807, 2.05) is 0 Å². The number of carbonyl (C=O) groups is 1. The lowest BCUT2D eigenvalue weighted by Gasteiger charge is -1.94. The van der Waals surface area contributed by atoms with Crippen LogP contribution in [0.15, 0.2) is 0 Å². The third-order valence-corrected chi connectivity index (χ3v) is 0.411. The molecule has 0 saturated heterocycles. The molecule has 52 valence electrons. The van der Waals surface area contributed by atoms with Gasteiger partial charge in [-0.3, -0.25) is 0 Å². The summed E-state index contributed by atoms with van der Waals surface area (Å²) in [6.45, 7) is 1.58. The fourth-order valence-corrected chi connectivity index (χ4v) is 0.205. The van der Waals surface area contributed by atoms with Crippen molar-refractivity contribution < 1.29 is 19.5 Å². The average Bonchev–Trinajstić information content (AvgIpc) is 1.63. The van der Waals surface area contributed by atoms with Gasteiger partial charge in [0.1, 0.15) is 0 Å². The first kappa shape index (κ1) is 7.67. The Morgan fingerprint density at radius 2 is 2.33 bits per heavy atom. The third-order valence-electron chi connectivity index (χ3n) is 0.411. The van der Waals surface area contributed by atoms with E-state index in [1.165, 1.54) is 6.92 Å². The molecule has 0 aliphatic rings. The summed E-state index contributed by atoms with van der Waals surface area (Å²) in [6, 6.07) is 0. The minimum atomic E-state index is -1.29. The van der Waals surface area contributed by atoms with E-state index < -0.39 is 11.2 Å². The molecular weight excluding hydrogens is 130 g/mol. The van der Waals surface area contributed by atoms with Crippen LogP contribution in [0.5, 0.6) is 0 Å². The van der Waals surface area contributed by atoms with Gasteiger partial charge in [0.2, 0.25) is 0 Å². The van der Waals surface area contributed by atoms with Crippen LogP contribution in [0.25, 0.3) is 0 Å². The Morgan fingerprint density at radius 3 is 2.67 bits per heavy atom. The van der Waals surface area contributed by atoms with Gasteiger partial charge >= 0.3 is 11.2 Å². The largest absolute Gasteiger partial charge is 0.486 e. The number of carbonyl (C=O) groups excluding carboxylic acids is 1. The van der Waals surface area contributed by atoms with Crippen molar-refractivity contribution in [2.45, 2.75) is 6.92 Å². The van der Waals surface area contributed by atoms with Gasteiger partial charge in [0.25, 0.3) is 0 Å². The third kappa shape index (κ3) is 4.52. The van der Waals surface area contributed by atoms with E-state index in [2.05, 4.69) is 9.57 Å². The van der Waals surface area contributed by atoms with Crippen LogP contribution < -0.4 is 0 Å². The van der Waals surface area contributed by atoms with Gasteiger partial charge in [0.05, 0.1) is 6.61 Å². The predicted octanol–water partition coefficient (Wildman–Crippen LogP) is 0.351. The predicted molar refractivity (Wildman–Crippen MR) is 25.1 cm³/mol. The van der Waals surface area contributed by atoms with Crippen LogP contribution in [0.2, 0.25) is 0 Å². The molecule has 0 amide bonds. The first-order valence-corrected chi connectivity index (χ1v) is 2.16. The van der Waals surface area contributed by atoms with Crippen LogP contribution in [-0.2, 0) is 9.57 Å². The van der Waals surface area contributed by atoms with Gasteiger partial charge in [-0.15, -0.1) is 10.1 Å². The van der Waals surface area contributed by atoms with Crippen LogP contribution in [0.3, 0.4) is 0 Å². The zero-order chi connectivity index (χ0) is 7.28. The first-order chi connectivity index (χ1) is 4.16. The zero-order valence-corrected chi connectivity index (χ0v) is 4.70. The van der Waals surface area contributed by atoms with Crippen LogP contribution >= 0.6 is 0 Å². The van der Waals surface area contributed by atoms with Gasteiger partial charge in [-0.1, -0.05) is 0 Å². The van der Waals surface area contributed by atoms with Crippen molar-refractivity contribution in [1.82, 2.24) is 0 Å². The van der Waals surface area contributed by atoms with E-state index >= 15 is 0 Å². The Kier molecular flexibility index (Phi) is 3.11. The number of ether oxygens (including phenoxy) is 1. The molecule has 0 saturated carbocycles. The van der Waals surface area contributed by atoms with Crippen LogP contribution in [-0.4, -0.2) is 17.8 Å². The molecule has 0 atom stereocenters. The zero-order valence-electron chi connectivity index (χ0n) is 4.70. The van der Waals surface area contributed by atoms with Crippen molar-refractivity contribution in [3.8, 4) is 0 Å². The molecule has 0 fully saturated rings. The smallest absolute Gasteiger partial charge is 0.446 e. The molecule has 0 aromatic carbocycles. The standard InChI is InChI=1S/C3H5NO5/c1-2-8-3(5)9-4(6)7/h2H2,1H3. The van der Waals surface area contributed by atoms with Crippen LogP contribution in [0.1, 0.15) is 6.92 Å². The van der Waals surface area contributed by atoms with Crippen molar-refractivity contribution in [3.05, 3.63) is 10.1 Å². The van der Waals surface area contributed by atoms with E-state index in [-0.39, 0.29) is 6.61 Å². The van der Waals surface area contributed by atoms with Crippen molar-refractivity contribution in [2.24, 2.45) is 0 Å². The lowest BCUT2D eigenvalue weighted by Crippen LogP contribution is -2.11. The second-order valence-electron chi connectivity index (χ2n) is 0.998. The maximum absolute atomic E-state index is 9.97. The lowest BCUT2D eigenvalue weighted by atomic mass is 10.9. The second-order valence-corrected chi connectivity index (χ2v) is 0.998. The SMILES string of the molecule is CCOC(=O)O[N+](=O)[O-]. The Balaban J connectivity index is 3.39. The number of rotatable bonds is 2. The molecule has 0 rings (SSSR count). The highest BCUT2D eigenvalue weighted by atomic mass is 17.0. The van der Waals surface area contributed by atoms with Crippen molar-refractivity contribution in [2.75, 3.05) is 6.61 Å². The number of nitrogens with zero attached hydrogens (tertiary/aromatic N) is 1. The van der Waals surface area contributed by atoms with Gasteiger partial charge in [-0.2, -0.15) is 4.84 Å². The second kappa shape index (κ2) is 3.65. The molecule has 0 heterocycles. The monoisotopic (exact) mass is 135 g/mol. The molecule has 6 heteroatoms. The molecule has 9 heavy (non-hydrogen) atoms. The molecule has 0 aliphatic carbocycles. The van der Waals surface area contributed by atoms with Gasteiger partial charge in [0.15, 0.2) is 0 Å². The fourth-order valence-electron chi connectivity index (χ4n) is 0.205. The molecule has 6 nitrogen and oxygen atoms in total. The Morgan fingerprint density at radius 1 is 1.78 bits per heavy atom. The summed E-state index contributed by atoms with van der Waals surface area (Å²) in [7, 11) is 0. The maximum atomic E-state index is 9.97. The van der Waals surface area contributed by atoms with Gasteiger partial charge in [-0.05, 0) is 6.92 Å². The topological polar surface area (TPSA) is 78.7 Å². The van der Waals surface area contributed by atoms with E-state index in [1.54, 1.807) is 0 Å². The molecule has 0 aromatic rings. The summed E-state index contributed by atoms with van der Waals surface area (Å²) in [5.41, 5.74) is 0. The van der Waals surface area contributed by atoms with E-state index in [0.717, 1.165) is 0 Å². The molecule has 0 bridgehead atoms. The molecule has 0 unspecified atom stereocenters. The molecule has 0 N–H and O–H groups in total. The number of hydrogen-bond donors (Lipinski definition) is 0. The van der Waals surface area contributed by atoms with Crippen molar-refractivity contribution >= 4 is 6.16 Å². The highest BCUT2D eigenvalue weighted by Crippen LogP contribution is 1.83. The quantitative estimate of drug-likeness (QED) is 0.310. The fraction of sp³-hybridized carbons (Fsp3) is 0.667. The van der Waals surface area contributed by atoms with Crippen LogP contribution in [0.4, 0.5) is 4.79 Å². The molecule has 0 radical (unpaired) electrons. The summed E-state index contributed by atoms with van der Waals surface area (Å²) in [5, 5.41) is 8.14. The molecule has 0 spiro atoms. The summed E-state index contributed by atoms with van der Waals surface area (Å²) in [4.78, 5) is 22.7. The minimum absolute atomic E-state index is 0.0622. The normalized spacial score (nSPS) is 8.11. The number of hydrogen-bond acceptors (Lipinski definition) is 5. The first-order valence-electron chi connectivity index (χ1n) is 2.16. The summed E-state index contributed by atoms with van der Waals surface area (Å²) < 4.78 is 4.05. The summed E-state index contributed by atoms with van der Waals surface area (Å²) in [5.74, 6) is 0. The Labute approximate surface area is 50.5 Å². The van der Waals surface area contributed by atoms with E-state index in [9.17, 15) is 14.9 Å². The Bertz CT molecular complexity index is 121. The molecule has 0 aliphatic heterocycles. The molecular formula is C3H5NO5. The van der Waals surface area contributed by atoms with E-state index in [0.29, 0.717) is 0 Å². The minimum Gasteiger partial charge on any atom is -0.446 e. The van der Waals surface area contributed by atoms with Crippen molar-refractivity contribution in [1.29, 1.82) is 0 Å². The highest BCUT2D eigenvalue weighted by molar-refractivity contribution is 5.58. The van der Waals surface area contributed by atoms with Crippen molar-refractivity contribution in [3.63, 3.8) is 0 Å². The highest BCUT2D eigenvalue weighted by Gasteiger charge is 2.05. The summed E-state index contributed by atoms with van der Waals surface area (Å²) >= 11 is 0. The van der Waals surface area contributed by atoms with Crippen LogP contribution in [0, 0.1) is 10.1 Å². The van der Waals surface area contributed by atoms with E-state index in [4.69, 9.17) is 0 Å². The Hall–Kier alpha value is -1.33.